The Morgan fingerprint density at radius 3 is 1.26 bits per heavy atom. The molecule has 2 aliphatic rings. The molecule has 12 aromatic rings. The number of fused-ring (bicyclic) bond motifs is 4. The Morgan fingerprint density at radius 1 is 0.329 bits per heavy atom. The van der Waals surface area contributed by atoms with Crippen LogP contribution in [0.2, 0.25) is 0 Å². The van der Waals surface area contributed by atoms with Crippen LogP contribution in [0.5, 0.6) is 23.0 Å². The van der Waals surface area contributed by atoms with Crippen LogP contribution in [0.4, 0.5) is 17.1 Å². The van der Waals surface area contributed by atoms with Crippen molar-refractivity contribution in [1.29, 1.82) is 0 Å². The van der Waals surface area contributed by atoms with Gasteiger partial charge in [-0.1, -0.05) is 211 Å². The highest BCUT2D eigenvalue weighted by molar-refractivity contribution is 6.98. The predicted molar refractivity (Wildman–Crippen MR) is 322 cm³/mol. The number of hydrogen-bond donors (Lipinski definition) is 0. The van der Waals surface area contributed by atoms with Gasteiger partial charge in [0.2, 0.25) is 0 Å². The SMILES string of the molecule is CC(C)(C)c1cc2ccc3cc(C(C)(C)C)cc4c(-c5ccc6c(c5)B5c7cc(-c8ccccc8)ccc7Oc7cc(N(c8ccc(-c9ccccc9)cc8)c8ccc(-c9ccccc9)cc8)cc(c75)O6)cc(c1)c2c34. The van der Waals surface area contributed by atoms with E-state index in [1.54, 1.807) is 0 Å². The molecule has 0 fully saturated rings. The minimum atomic E-state index is -0.174. The highest BCUT2D eigenvalue weighted by Crippen LogP contribution is 2.47. The van der Waals surface area contributed by atoms with Crippen LogP contribution >= 0.6 is 0 Å². The van der Waals surface area contributed by atoms with E-state index in [4.69, 9.17) is 9.47 Å². The second-order valence-corrected chi connectivity index (χ2v) is 22.9. The van der Waals surface area contributed by atoms with Crippen molar-refractivity contribution in [2.24, 2.45) is 0 Å². The van der Waals surface area contributed by atoms with Gasteiger partial charge in [-0.05, 0) is 158 Å². The van der Waals surface area contributed by atoms with Crippen molar-refractivity contribution in [3.8, 4) is 67.5 Å². The number of rotatable bonds is 7. The van der Waals surface area contributed by atoms with Crippen LogP contribution in [-0.4, -0.2) is 6.71 Å². The quantitative estimate of drug-likeness (QED) is 0.117. The van der Waals surface area contributed by atoms with Crippen LogP contribution in [0, 0.1) is 0 Å². The largest absolute Gasteiger partial charge is 0.458 e. The highest BCUT2D eigenvalue weighted by Gasteiger charge is 2.41. The summed E-state index contributed by atoms with van der Waals surface area (Å²) in [6.45, 7) is 13.7. The molecule has 0 aromatic heterocycles. The average Bonchev–Trinajstić information content (AvgIpc) is 3.61. The van der Waals surface area contributed by atoms with Gasteiger partial charge in [0.15, 0.2) is 0 Å². The third kappa shape index (κ3) is 7.74. The zero-order chi connectivity index (χ0) is 51.5. The van der Waals surface area contributed by atoms with Gasteiger partial charge in [-0.3, -0.25) is 0 Å². The molecule has 4 heteroatoms. The van der Waals surface area contributed by atoms with E-state index < -0.39 is 0 Å². The molecule has 0 saturated heterocycles. The minimum absolute atomic E-state index is 0.00971. The fraction of sp³-hybridized carbons (Fsp3) is 0.111. The van der Waals surface area contributed by atoms with E-state index in [0.717, 1.165) is 84.3 Å². The maximum Gasteiger partial charge on any atom is 0.260 e. The highest BCUT2D eigenvalue weighted by atomic mass is 16.5. The van der Waals surface area contributed by atoms with Crippen LogP contribution in [0.25, 0.3) is 76.8 Å². The first-order chi connectivity index (χ1) is 36.9. The molecule has 2 heterocycles. The van der Waals surface area contributed by atoms with Crippen molar-refractivity contribution < 1.29 is 9.47 Å². The minimum Gasteiger partial charge on any atom is -0.458 e. The molecule has 14 rings (SSSR count). The summed E-state index contributed by atoms with van der Waals surface area (Å²) < 4.78 is 14.4. The van der Waals surface area contributed by atoms with Crippen LogP contribution in [0.1, 0.15) is 52.7 Å². The number of benzene rings is 12. The molecule has 76 heavy (non-hydrogen) atoms. The third-order valence-electron chi connectivity index (χ3n) is 16.0. The second kappa shape index (κ2) is 17.4. The molecule has 364 valence electrons. The summed E-state index contributed by atoms with van der Waals surface area (Å²) >= 11 is 0. The first-order valence-electron chi connectivity index (χ1n) is 26.7. The average molecular weight is 978 g/mol. The summed E-state index contributed by atoms with van der Waals surface area (Å²) in [7, 11) is 0. The Hall–Kier alpha value is -8.86. The van der Waals surface area contributed by atoms with Crippen LogP contribution < -0.4 is 30.8 Å². The Morgan fingerprint density at radius 2 is 0.750 bits per heavy atom. The molecule has 0 aliphatic carbocycles. The van der Waals surface area contributed by atoms with Gasteiger partial charge in [-0.15, -0.1) is 0 Å². The van der Waals surface area contributed by atoms with E-state index in [1.165, 1.54) is 60.1 Å². The van der Waals surface area contributed by atoms with E-state index in [9.17, 15) is 0 Å². The molecule has 3 nitrogen and oxygen atoms in total. The molecule has 0 bridgehead atoms. The van der Waals surface area contributed by atoms with Crippen LogP contribution in [0.15, 0.2) is 231 Å². The molecule has 0 atom stereocenters. The summed E-state index contributed by atoms with van der Waals surface area (Å²) in [5.41, 5.74) is 18.2. The summed E-state index contributed by atoms with van der Waals surface area (Å²) in [6.07, 6.45) is 0. The van der Waals surface area contributed by atoms with Gasteiger partial charge in [0.1, 0.15) is 23.0 Å². The summed E-state index contributed by atoms with van der Waals surface area (Å²) in [5.74, 6) is 3.26. The standard InChI is InChI=1S/C72H56BNO2/c1-71(2,3)55-36-52-22-23-53-37-56(72(4,5)6)42-61-60(39-54(38-55)68(52)69(53)61)51-29-35-65-63(41-51)73-62-40-50(47-20-14-9-15-21-47)28-34-64(62)75-66-43-59(44-67(76-65)70(66)73)74(57-30-24-48(25-31-57)45-16-10-7-11-17-45)58-32-26-49(27-33-58)46-18-12-8-13-19-46/h7-44H,1-6H3. The van der Waals surface area contributed by atoms with E-state index in [0.29, 0.717) is 0 Å². The molecule has 0 N–H and O–H groups in total. The van der Waals surface area contributed by atoms with Crippen molar-refractivity contribution in [3.05, 3.63) is 242 Å². The number of nitrogens with zero attached hydrogens (tertiary/aromatic N) is 1. The van der Waals surface area contributed by atoms with Gasteiger partial charge in [0, 0.05) is 29.0 Å². The Bertz CT molecular complexity index is 4110. The first-order valence-corrected chi connectivity index (χ1v) is 26.7. The fourth-order valence-corrected chi connectivity index (χ4v) is 11.9. The topological polar surface area (TPSA) is 21.7 Å². The molecule has 0 amide bonds. The van der Waals surface area contributed by atoms with Gasteiger partial charge in [0.25, 0.3) is 6.71 Å². The Balaban J connectivity index is 0.965. The number of ether oxygens (including phenoxy) is 2. The maximum atomic E-state index is 7.26. The zero-order valence-corrected chi connectivity index (χ0v) is 43.8. The normalized spacial score (nSPS) is 12.8. The summed E-state index contributed by atoms with van der Waals surface area (Å²) in [4.78, 5) is 2.32. The summed E-state index contributed by atoms with van der Waals surface area (Å²) in [5, 5.41) is 7.77. The maximum absolute atomic E-state index is 7.26. The lowest BCUT2D eigenvalue weighted by atomic mass is 9.34. The number of anilines is 3. The van der Waals surface area contributed by atoms with E-state index in [-0.39, 0.29) is 17.5 Å². The molecule has 0 radical (unpaired) electrons. The lowest BCUT2D eigenvalue weighted by Gasteiger charge is -2.35. The fourth-order valence-electron chi connectivity index (χ4n) is 11.9. The van der Waals surface area contributed by atoms with Crippen molar-refractivity contribution >= 4 is 72.5 Å². The number of hydrogen-bond acceptors (Lipinski definition) is 3. The van der Waals surface area contributed by atoms with Gasteiger partial charge >= 0.3 is 0 Å². The Labute approximate surface area is 446 Å². The van der Waals surface area contributed by atoms with Gasteiger partial charge in [-0.25, -0.2) is 0 Å². The van der Waals surface area contributed by atoms with Gasteiger partial charge in [0.05, 0.1) is 5.69 Å². The van der Waals surface area contributed by atoms with E-state index >= 15 is 0 Å². The second-order valence-electron chi connectivity index (χ2n) is 22.9. The molecule has 0 spiro atoms. The van der Waals surface area contributed by atoms with Crippen molar-refractivity contribution in [3.63, 3.8) is 0 Å². The lowest BCUT2D eigenvalue weighted by Crippen LogP contribution is -2.57. The van der Waals surface area contributed by atoms with Crippen molar-refractivity contribution in [2.75, 3.05) is 4.90 Å². The lowest BCUT2D eigenvalue weighted by molar-refractivity contribution is 0.465. The molecule has 0 saturated carbocycles. The van der Waals surface area contributed by atoms with Crippen LogP contribution in [0.3, 0.4) is 0 Å². The van der Waals surface area contributed by atoms with E-state index in [2.05, 4.69) is 277 Å². The van der Waals surface area contributed by atoms with Crippen molar-refractivity contribution in [2.45, 2.75) is 52.4 Å². The zero-order valence-electron chi connectivity index (χ0n) is 43.8. The Kier molecular flexibility index (Phi) is 10.4. The van der Waals surface area contributed by atoms with Crippen LogP contribution in [-0.2, 0) is 10.8 Å². The molecule has 2 aliphatic heterocycles. The van der Waals surface area contributed by atoms with Crippen molar-refractivity contribution in [1.82, 2.24) is 0 Å². The van der Waals surface area contributed by atoms with Gasteiger partial charge in [-0.2, -0.15) is 0 Å². The predicted octanol–water partition coefficient (Wildman–Crippen LogP) is 18.0. The first kappa shape index (κ1) is 45.7. The van der Waals surface area contributed by atoms with E-state index in [1.807, 2.05) is 0 Å². The molecular weight excluding hydrogens is 922 g/mol. The smallest absolute Gasteiger partial charge is 0.260 e. The van der Waals surface area contributed by atoms with Gasteiger partial charge < -0.3 is 14.4 Å². The third-order valence-corrected chi connectivity index (χ3v) is 16.0. The molecule has 12 aromatic carbocycles. The molecule has 0 unspecified atom stereocenters. The summed E-state index contributed by atoms with van der Waals surface area (Å²) in [6, 6.07) is 84.4. The molecular formula is C72H56BNO2. The monoisotopic (exact) mass is 977 g/mol.